The van der Waals surface area contributed by atoms with Crippen LogP contribution in [0.15, 0.2) is 36.7 Å². The quantitative estimate of drug-likeness (QED) is 0.622. The third-order valence-corrected chi connectivity index (χ3v) is 2.34. The maximum Gasteiger partial charge on any atom is 0.170 e. The topological polar surface area (TPSA) is 60.9 Å². The zero-order valence-electron chi connectivity index (χ0n) is 9.05. The number of nitrogens with two attached hydrogens (primary N) is 1. The third-order valence-electron chi connectivity index (χ3n) is 2.34. The number of carbonyl (C=O) groups is 1. The number of aromatic nitrogens is 2. The molecule has 2 aromatic rings. The number of carbonyl (C=O) groups excluding carboxylic acids is 1. The highest BCUT2D eigenvalue weighted by Crippen LogP contribution is 2.10. The normalized spacial score (nSPS) is 10.3. The summed E-state index contributed by atoms with van der Waals surface area (Å²) in [4.78, 5) is 11.8. The fraction of sp³-hybridized carbons (Fsp3) is 0.167. The number of benzene rings is 1. The van der Waals surface area contributed by atoms with Crippen molar-refractivity contribution >= 4 is 11.5 Å². The molecule has 0 spiro atoms. The summed E-state index contributed by atoms with van der Waals surface area (Å²) in [7, 11) is 1.79. The Morgan fingerprint density at radius 3 is 2.94 bits per heavy atom. The lowest BCUT2D eigenvalue weighted by Gasteiger charge is -2.00. The smallest absolute Gasteiger partial charge is 0.170 e. The first kappa shape index (κ1) is 10.4. The van der Waals surface area contributed by atoms with Crippen LogP contribution in [-0.4, -0.2) is 15.6 Å². The number of hydrogen-bond acceptors (Lipinski definition) is 3. The number of hydrogen-bond donors (Lipinski definition) is 1. The SMILES string of the molecule is Cn1cc(C(=O)Cc2cccc(N)c2)cn1. The van der Waals surface area contributed by atoms with E-state index in [9.17, 15) is 4.79 Å². The Balaban J connectivity index is 2.13. The molecule has 0 amide bonds. The second kappa shape index (κ2) is 4.18. The van der Waals surface area contributed by atoms with E-state index in [1.807, 2.05) is 18.2 Å². The largest absolute Gasteiger partial charge is 0.399 e. The lowest BCUT2D eigenvalue weighted by Crippen LogP contribution is -2.02. The Labute approximate surface area is 93.7 Å². The molecule has 1 aromatic heterocycles. The predicted octanol–water partition coefficient (Wildman–Crippen LogP) is 1.43. The van der Waals surface area contributed by atoms with Crippen molar-refractivity contribution in [3.8, 4) is 0 Å². The van der Waals surface area contributed by atoms with Gasteiger partial charge in [-0.25, -0.2) is 0 Å². The van der Waals surface area contributed by atoms with E-state index < -0.39 is 0 Å². The molecule has 0 bridgehead atoms. The van der Waals surface area contributed by atoms with Gasteiger partial charge < -0.3 is 5.73 Å². The van der Waals surface area contributed by atoms with Gasteiger partial charge in [0.05, 0.1) is 11.8 Å². The Hall–Kier alpha value is -2.10. The van der Waals surface area contributed by atoms with Crippen molar-refractivity contribution in [2.75, 3.05) is 5.73 Å². The molecule has 0 fully saturated rings. The Bertz CT molecular complexity index is 516. The van der Waals surface area contributed by atoms with Crippen molar-refractivity contribution in [2.45, 2.75) is 6.42 Å². The van der Waals surface area contributed by atoms with Crippen LogP contribution in [0.5, 0.6) is 0 Å². The van der Waals surface area contributed by atoms with Crippen molar-refractivity contribution in [1.29, 1.82) is 0 Å². The zero-order chi connectivity index (χ0) is 11.5. The molecule has 82 valence electrons. The molecule has 0 aliphatic heterocycles. The van der Waals surface area contributed by atoms with Crippen LogP contribution >= 0.6 is 0 Å². The molecule has 4 heteroatoms. The van der Waals surface area contributed by atoms with Crippen LogP contribution < -0.4 is 5.73 Å². The molecular weight excluding hydrogens is 202 g/mol. The summed E-state index contributed by atoms with van der Waals surface area (Å²) in [6, 6.07) is 7.36. The maximum absolute atomic E-state index is 11.8. The number of ketones is 1. The van der Waals surface area contributed by atoms with Crippen molar-refractivity contribution in [3.63, 3.8) is 0 Å². The monoisotopic (exact) mass is 215 g/mol. The first-order valence-corrected chi connectivity index (χ1v) is 5.01. The summed E-state index contributed by atoms with van der Waals surface area (Å²) in [5, 5.41) is 3.97. The van der Waals surface area contributed by atoms with Crippen LogP contribution in [0, 0.1) is 0 Å². The van der Waals surface area contributed by atoms with E-state index in [4.69, 9.17) is 5.73 Å². The van der Waals surface area contributed by atoms with Crippen LogP contribution in [0.2, 0.25) is 0 Å². The molecule has 0 saturated heterocycles. The minimum absolute atomic E-state index is 0.0544. The number of anilines is 1. The average Bonchev–Trinajstić information content (AvgIpc) is 2.65. The van der Waals surface area contributed by atoms with E-state index in [1.54, 1.807) is 30.2 Å². The Morgan fingerprint density at radius 1 is 1.50 bits per heavy atom. The minimum Gasteiger partial charge on any atom is -0.399 e. The lowest BCUT2D eigenvalue weighted by atomic mass is 10.1. The second-order valence-corrected chi connectivity index (χ2v) is 3.75. The van der Waals surface area contributed by atoms with Gasteiger partial charge in [-0.1, -0.05) is 12.1 Å². The number of nitrogens with zero attached hydrogens (tertiary/aromatic N) is 2. The van der Waals surface area contributed by atoms with E-state index >= 15 is 0 Å². The summed E-state index contributed by atoms with van der Waals surface area (Å²) in [6.07, 6.45) is 3.65. The van der Waals surface area contributed by atoms with E-state index in [0.29, 0.717) is 17.7 Å². The fourth-order valence-electron chi connectivity index (χ4n) is 1.56. The third kappa shape index (κ3) is 2.28. The number of Topliss-reactive ketones (excluding diaryl/α,β-unsaturated/α-hetero) is 1. The Kier molecular flexibility index (Phi) is 2.72. The summed E-state index contributed by atoms with van der Waals surface area (Å²) in [5.74, 6) is 0.0544. The summed E-state index contributed by atoms with van der Waals surface area (Å²) < 4.78 is 1.62. The molecule has 0 unspecified atom stereocenters. The maximum atomic E-state index is 11.8. The van der Waals surface area contributed by atoms with Crippen LogP contribution in [0.3, 0.4) is 0 Å². The van der Waals surface area contributed by atoms with Crippen molar-refractivity contribution in [1.82, 2.24) is 9.78 Å². The van der Waals surface area contributed by atoms with Gasteiger partial charge in [-0.3, -0.25) is 9.48 Å². The van der Waals surface area contributed by atoms with Gasteiger partial charge >= 0.3 is 0 Å². The van der Waals surface area contributed by atoms with Gasteiger partial charge in [0.25, 0.3) is 0 Å². The highest BCUT2D eigenvalue weighted by atomic mass is 16.1. The molecule has 2 N–H and O–H groups in total. The van der Waals surface area contributed by atoms with Gasteiger partial charge in [-0.2, -0.15) is 5.10 Å². The molecule has 0 radical (unpaired) electrons. The van der Waals surface area contributed by atoms with Crippen molar-refractivity contribution < 1.29 is 4.79 Å². The van der Waals surface area contributed by atoms with Gasteiger partial charge in [0.15, 0.2) is 5.78 Å². The molecule has 4 nitrogen and oxygen atoms in total. The van der Waals surface area contributed by atoms with Crippen LogP contribution in [-0.2, 0) is 13.5 Å². The van der Waals surface area contributed by atoms with Gasteiger partial charge in [0.2, 0.25) is 0 Å². The highest BCUT2D eigenvalue weighted by molar-refractivity contribution is 5.97. The number of rotatable bonds is 3. The number of nitrogen functional groups attached to an aromatic ring is 1. The first-order chi connectivity index (χ1) is 7.65. The average molecular weight is 215 g/mol. The molecule has 1 aromatic carbocycles. The first-order valence-electron chi connectivity index (χ1n) is 5.01. The van der Waals surface area contributed by atoms with E-state index in [1.165, 1.54) is 0 Å². The molecule has 0 aliphatic rings. The van der Waals surface area contributed by atoms with Gasteiger partial charge in [-0.05, 0) is 17.7 Å². The molecule has 0 saturated carbocycles. The zero-order valence-corrected chi connectivity index (χ0v) is 9.05. The van der Waals surface area contributed by atoms with Gasteiger partial charge in [-0.15, -0.1) is 0 Å². The summed E-state index contributed by atoms with van der Waals surface area (Å²) >= 11 is 0. The minimum atomic E-state index is 0.0544. The van der Waals surface area contributed by atoms with Crippen LogP contribution in [0.1, 0.15) is 15.9 Å². The second-order valence-electron chi connectivity index (χ2n) is 3.75. The van der Waals surface area contributed by atoms with Gasteiger partial charge in [0.1, 0.15) is 0 Å². The summed E-state index contributed by atoms with van der Waals surface area (Å²) in [5.41, 5.74) is 7.88. The standard InChI is InChI=1S/C12H13N3O/c1-15-8-10(7-14-15)12(16)6-9-3-2-4-11(13)5-9/h2-5,7-8H,6,13H2,1H3. The fourth-order valence-corrected chi connectivity index (χ4v) is 1.56. The number of aryl methyl sites for hydroxylation is 1. The van der Waals surface area contributed by atoms with Crippen LogP contribution in [0.4, 0.5) is 5.69 Å². The van der Waals surface area contributed by atoms with Crippen molar-refractivity contribution in [2.24, 2.45) is 7.05 Å². The van der Waals surface area contributed by atoms with Gasteiger partial charge in [0, 0.05) is 25.4 Å². The predicted molar refractivity (Wildman–Crippen MR) is 62.1 cm³/mol. The molecule has 0 atom stereocenters. The molecule has 16 heavy (non-hydrogen) atoms. The highest BCUT2D eigenvalue weighted by Gasteiger charge is 2.08. The van der Waals surface area contributed by atoms with Crippen LogP contribution in [0.25, 0.3) is 0 Å². The van der Waals surface area contributed by atoms with E-state index in [0.717, 1.165) is 5.56 Å². The van der Waals surface area contributed by atoms with E-state index in [2.05, 4.69) is 5.10 Å². The molecular formula is C12H13N3O. The van der Waals surface area contributed by atoms with E-state index in [-0.39, 0.29) is 5.78 Å². The van der Waals surface area contributed by atoms with Crippen molar-refractivity contribution in [3.05, 3.63) is 47.8 Å². The molecule has 0 aliphatic carbocycles. The molecule has 2 rings (SSSR count). The molecule has 1 heterocycles. The Morgan fingerprint density at radius 2 is 2.31 bits per heavy atom. The summed E-state index contributed by atoms with van der Waals surface area (Å²) in [6.45, 7) is 0. The lowest BCUT2D eigenvalue weighted by molar-refractivity contribution is 0.0993.